The van der Waals surface area contributed by atoms with Crippen LogP contribution in [0.1, 0.15) is 23.7 Å². The largest absolute Gasteiger partial charge is 0.338 e. The van der Waals surface area contributed by atoms with Gasteiger partial charge in [0.15, 0.2) is 0 Å². The Morgan fingerprint density at radius 3 is 2.65 bits per heavy atom. The number of nitro benzene ring substituents is 1. The first-order valence-electron chi connectivity index (χ1n) is 5.72. The van der Waals surface area contributed by atoms with Crippen molar-refractivity contribution < 1.29 is 9.72 Å². The van der Waals surface area contributed by atoms with E-state index < -0.39 is 16.5 Å². The first-order valence-corrected chi connectivity index (χ1v) is 6.47. The predicted molar refractivity (Wildman–Crippen MR) is 74.9 cm³/mol. The summed E-state index contributed by atoms with van der Waals surface area (Å²) in [5, 5.41) is 19.1. The molecule has 0 radical (unpaired) electrons. The highest BCUT2D eigenvalue weighted by atomic mass is 35.5. The Labute approximate surface area is 125 Å². The van der Waals surface area contributed by atoms with Crippen LogP contribution in [0.4, 0.5) is 5.69 Å². The molecule has 1 aromatic carbocycles. The van der Waals surface area contributed by atoms with Crippen LogP contribution in [-0.2, 0) is 0 Å². The molecule has 0 bridgehead atoms. The lowest BCUT2D eigenvalue weighted by atomic mass is 10.1. The van der Waals surface area contributed by atoms with Gasteiger partial charge in [-0.1, -0.05) is 23.2 Å². The van der Waals surface area contributed by atoms with Crippen molar-refractivity contribution in [3.63, 3.8) is 0 Å². The van der Waals surface area contributed by atoms with Crippen LogP contribution in [0, 0.1) is 21.4 Å². The SMILES string of the molecule is CCN(CCC#N)C(=O)c1cc(Cl)c(Cl)c([N+](=O)[O-])c1. The molecule has 0 saturated carbocycles. The second kappa shape index (κ2) is 7.08. The topological polar surface area (TPSA) is 87.2 Å². The predicted octanol–water partition coefficient (Wildman–Crippen LogP) is 3.28. The van der Waals surface area contributed by atoms with Crippen molar-refractivity contribution >= 4 is 34.8 Å². The van der Waals surface area contributed by atoms with Gasteiger partial charge < -0.3 is 4.90 Å². The van der Waals surface area contributed by atoms with Crippen LogP contribution in [0.25, 0.3) is 0 Å². The van der Waals surface area contributed by atoms with Crippen molar-refractivity contribution in [3.05, 3.63) is 37.9 Å². The summed E-state index contributed by atoms with van der Waals surface area (Å²) in [6.07, 6.45) is 0.184. The van der Waals surface area contributed by atoms with Gasteiger partial charge in [0.25, 0.3) is 11.6 Å². The van der Waals surface area contributed by atoms with E-state index in [9.17, 15) is 14.9 Å². The van der Waals surface area contributed by atoms with Crippen molar-refractivity contribution in [2.24, 2.45) is 0 Å². The number of halogens is 2. The van der Waals surface area contributed by atoms with E-state index in [0.717, 1.165) is 6.07 Å². The highest BCUT2D eigenvalue weighted by Gasteiger charge is 2.22. The third-order valence-corrected chi connectivity index (χ3v) is 3.41. The maximum atomic E-state index is 12.2. The molecule has 0 fully saturated rings. The number of hydrogen-bond acceptors (Lipinski definition) is 4. The van der Waals surface area contributed by atoms with Crippen LogP contribution in [0.15, 0.2) is 12.1 Å². The van der Waals surface area contributed by atoms with Crippen molar-refractivity contribution in [2.75, 3.05) is 13.1 Å². The third kappa shape index (κ3) is 3.59. The van der Waals surface area contributed by atoms with Crippen molar-refractivity contribution in [3.8, 4) is 6.07 Å². The fourth-order valence-electron chi connectivity index (χ4n) is 1.60. The van der Waals surface area contributed by atoms with Crippen LogP contribution in [-0.4, -0.2) is 28.8 Å². The van der Waals surface area contributed by atoms with Crippen molar-refractivity contribution in [1.82, 2.24) is 4.90 Å². The summed E-state index contributed by atoms with van der Waals surface area (Å²) in [7, 11) is 0. The van der Waals surface area contributed by atoms with Crippen LogP contribution in [0.5, 0.6) is 0 Å². The Hall–Kier alpha value is -1.84. The van der Waals surface area contributed by atoms with Crippen LogP contribution in [0.3, 0.4) is 0 Å². The summed E-state index contributed by atoms with van der Waals surface area (Å²) in [4.78, 5) is 23.8. The van der Waals surface area contributed by atoms with Gasteiger partial charge in [-0.15, -0.1) is 0 Å². The number of amides is 1. The van der Waals surface area contributed by atoms with Gasteiger partial charge in [-0.3, -0.25) is 14.9 Å². The molecule has 0 aliphatic carbocycles. The minimum Gasteiger partial charge on any atom is -0.338 e. The Morgan fingerprint density at radius 2 is 2.15 bits per heavy atom. The fourth-order valence-corrected chi connectivity index (χ4v) is 1.99. The molecule has 106 valence electrons. The zero-order chi connectivity index (χ0) is 15.3. The first kappa shape index (κ1) is 16.2. The number of rotatable bonds is 5. The Kier molecular flexibility index (Phi) is 5.74. The number of benzene rings is 1. The monoisotopic (exact) mass is 315 g/mol. The van der Waals surface area contributed by atoms with Crippen LogP contribution >= 0.6 is 23.2 Å². The van der Waals surface area contributed by atoms with Gasteiger partial charge >= 0.3 is 0 Å². The average molecular weight is 316 g/mol. The summed E-state index contributed by atoms with van der Waals surface area (Å²) >= 11 is 11.5. The quantitative estimate of drug-likeness (QED) is 0.616. The minimum atomic E-state index is -0.698. The summed E-state index contributed by atoms with van der Waals surface area (Å²) in [6, 6.07) is 4.31. The van der Waals surface area contributed by atoms with E-state index in [-0.39, 0.29) is 28.6 Å². The molecule has 0 atom stereocenters. The molecule has 1 rings (SSSR count). The van der Waals surface area contributed by atoms with Crippen molar-refractivity contribution in [2.45, 2.75) is 13.3 Å². The molecule has 0 unspecified atom stereocenters. The lowest BCUT2D eigenvalue weighted by Crippen LogP contribution is -2.31. The van der Waals surface area contributed by atoms with E-state index in [2.05, 4.69) is 0 Å². The normalized spacial score (nSPS) is 9.90. The molecule has 8 heteroatoms. The second-order valence-electron chi connectivity index (χ2n) is 3.84. The molecule has 20 heavy (non-hydrogen) atoms. The second-order valence-corrected chi connectivity index (χ2v) is 4.63. The molecule has 0 saturated heterocycles. The zero-order valence-corrected chi connectivity index (χ0v) is 12.1. The van der Waals surface area contributed by atoms with E-state index in [1.807, 2.05) is 6.07 Å². The highest BCUT2D eigenvalue weighted by molar-refractivity contribution is 6.43. The number of nitro groups is 1. The van der Waals surface area contributed by atoms with Gasteiger partial charge in [-0.25, -0.2) is 0 Å². The standard InChI is InChI=1S/C12H11Cl2N3O3/c1-2-16(5-3-4-15)12(18)8-6-9(13)11(14)10(7-8)17(19)20/h6-7H,2-3,5H2,1H3. The summed E-state index contributed by atoms with van der Waals surface area (Å²) in [5.74, 6) is -0.426. The van der Waals surface area contributed by atoms with Gasteiger partial charge in [0, 0.05) is 24.7 Å². The van der Waals surface area contributed by atoms with E-state index >= 15 is 0 Å². The van der Waals surface area contributed by atoms with Crippen LogP contribution < -0.4 is 0 Å². The molecule has 1 amide bonds. The maximum absolute atomic E-state index is 12.2. The molecule has 0 aromatic heterocycles. The van der Waals surface area contributed by atoms with Crippen molar-refractivity contribution in [1.29, 1.82) is 5.26 Å². The molecule has 6 nitrogen and oxygen atoms in total. The van der Waals surface area contributed by atoms with E-state index in [4.69, 9.17) is 28.5 Å². The first-order chi connectivity index (χ1) is 9.42. The summed E-state index contributed by atoms with van der Waals surface area (Å²) < 4.78 is 0. The number of carbonyl (C=O) groups is 1. The molecule has 0 N–H and O–H groups in total. The van der Waals surface area contributed by atoms with E-state index in [0.29, 0.717) is 6.54 Å². The number of hydrogen-bond donors (Lipinski definition) is 0. The van der Waals surface area contributed by atoms with Gasteiger partial charge in [0.05, 0.1) is 22.4 Å². The maximum Gasteiger partial charge on any atom is 0.290 e. The number of carbonyl (C=O) groups excluding carboxylic acids is 1. The molecular weight excluding hydrogens is 305 g/mol. The van der Waals surface area contributed by atoms with E-state index in [1.165, 1.54) is 11.0 Å². The number of nitriles is 1. The average Bonchev–Trinajstić information content (AvgIpc) is 2.41. The molecule has 0 spiro atoms. The molecule has 0 aliphatic heterocycles. The van der Waals surface area contributed by atoms with E-state index in [1.54, 1.807) is 6.92 Å². The number of nitrogens with zero attached hydrogens (tertiary/aromatic N) is 3. The zero-order valence-electron chi connectivity index (χ0n) is 10.6. The van der Waals surface area contributed by atoms with Gasteiger partial charge in [-0.05, 0) is 13.0 Å². The third-order valence-electron chi connectivity index (χ3n) is 2.62. The summed E-state index contributed by atoms with van der Waals surface area (Å²) in [6.45, 7) is 2.38. The summed E-state index contributed by atoms with van der Waals surface area (Å²) in [5.41, 5.74) is -0.343. The Morgan fingerprint density at radius 1 is 1.50 bits per heavy atom. The van der Waals surface area contributed by atoms with Gasteiger partial charge in [0.2, 0.25) is 0 Å². The van der Waals surface area contributed by atoms with Gasteiger partial charge in [-0.2, -0.15) is 5.26 Å². The lowest BCUT2D eigenvalue weighted by Gasteiger charge is -2.19. The Bertz CT molecular complexity index is 584. The minimum absolute atomic E-state index is 0.0550. The fraction of sp³-hybridized carbons (Fsp3) is 0.333. The Balaban J connectivity index is 3.16. The molecule has 0 heterocycles. The highest BCUT2D eigenvalue weighted by Crippen LogP contribution is 2.33. The van der Waals surface area contributed by atoms with Gasteiger partial charge in [0.1, 0.15) is 5.02 Å². The smallest absolute Gasteiger partial charge is 0.290 e. The lowest BCUT2D eigenvalue weighted by molar-refractivity contribution is -0.384. The molecular formula is C12H11Cl2N3O3. The van der Waals surface area contributed by atoms with Crippen LogP contribution in [0.2, 0.25) is 10.0 Å². The molecule has 0 aliphatic rings. The molecule has 1 aromatic rings.